The van der Waals surface area contributed by atoms with Crippen LogP contribution in [0.4, 0.5) is 4.39 Å². The molecule has 2 unspecified atom stereocenters. The number of amides is 1. The summed E-state index contributed by atoms with van der Waals surface area (Å²) in [5.41, 5.74) is 9.35. The van der Waals surface area contributed by atoms with Gasteiger partial charge in [0, 0.05) is 90.7 Å². The fraction of sp³-hybridized carbons (Fsp3) is 0.442. The summed E-state index contributed by atoms with van der Waals surface area (Å²) in [6.07, 6.45) is 24.8. The van der Waals surface area contributed by atoms with Crippen LogP contribution < -0.4 is 5.43 Å². The van der Waals surface area contributed by atoms with Crippen LogP contribution in [0.2, 0.25) is 0 Å². The highest BCUT2D eigenvalue weighted by molar-refractivity contribution is 6.03. The topological polar surface area (TPSA) is 93.1 Å². The number of benzene rings is 1. The number of rotatable bonds is 15. The van der Waals surface area contributed by atoms with E-state index in [4.69, 9.17) is 9.53 Å². The van der Waals surface area contributed by atoms with Crippen LogP contribution in [0, 0.1) is 5.82 Å². The number of halogens is 1. The number of ether oxygens (including phenoxy) is 1. The third-order valence-electron chi connectivity index (χ3n) is 8.64. The Hall–Kier alpha value is -4.87. The molecule has 11 heteroatoms. The number of nitrogens with one attached hydrogen (secondary N) is 1. The van der Waals surface area contributed by atoms with Gasteiger partial charge in [0.1, 0.15) is 18.3 Å². The van der Waals surface area contributed by atoms with Crippen molar-refractivity contribution in [3.8, 4) is 0 Å². The summed E-state index contributed by atoms with van der Waals surface area (Å²) in [5, 5.41) is 4.24. The molecule has 1 aromatic rings. The molecule has 54 heavy (non-hydrogen) atoms. The van der Waals surface area contributed by atoms with Crippen LogP contribution in [-0.4, -0.2) is 117 Å². The highest BCUT2D eigenvalue weighted by atomic mass is 19.1. The van der Waals surface area contributed by atoms with Crippen molar-refractivity contribution in [3.63, 3.8) is 0 Å². The zero-order valence-electron chi connectivity index (χ0n) is 33.7. The lowest BCUT2D eigenvalue weighted by molar-refractivity contribution is -0.131. The van der Waals surface area contributed by atoms with Crippen LogP contribution >= 0.6 is 0 Å². The number of carbonyl (C=O) groups excluding carboxylic acids is 2. The fourth-order valence-electron chi connectivity index (χ4n) is 5.65. The Labute approximate surface area is 323 Å². The number of likely N-dealkylation sites (tertiary alicyclic amines) is 1. The summed E-state index contributed by atoms with van der Waals surface area (Å²) in [6, 6.07) is 6.37. The highest BCUT2D eigenvalue weighted by Crippen LogP contribution is 2.18. The SMILES string of the molecule is C=C/C(C)=C\C=C1/CC(c2ccc(F)cc2)=NN1.CC=O.CCCN(C/C=C(\C)C/C=C\C(=C/N(C)C)C1N=CC=CN1C)C(=O)CN1CCC(OC)C1. The molecule has 0 saturated carbocycles. The molecule has 3 aliphatic heterocycles. The quantitative estimate of drug-likeness (QED) is 0.119. The van der Waals surface area contributed by atoms with Gasteiger partial charge in [0.25, 0.3) is 0 Å². The van der Waals surface area contributed by atoms with Crippen molar-refractivity contribution >= 4 is 24.1 Å². The van der Waals surface area contributed by atoms with Crippen LogP contribution in [0.5, 0.6) is 0 Å². The Morgan fingerprint density at radius 1 is 1.20 bits per heavy atom. The Balaban J connectivity index is 0.000000401. The predicted molar refractivity (Wildman–Crippen MR) is 222 cm³/mol. The second-order valence-electron chi connectivity index (χ2n) is 13.5. The fourth-order valence-corrected chi connectivity index (χ4v) is 5.65. The van der Waals surface area contributed by atoms with Gasteiger partial charge in [0.05, 0.1) is 18.4 Å². The Morgan fingerprint density at radius 3 is 2.54 bits per heavy atom. The zero-order valence-corrected chi connectivity index (χ0v) is 33.7. The lowest BCUT2D eigenvalue weighted by atomic mass is 10.1. The summed E-state index contributed by atoms with van der Waals surface area (Å²) in [4.78, 5) is 34.6. The first-order valence-electron chi connectivity index (χ1n) is 18.6. The number of methoxy groups -OCH3 is 1. The van der Waals surface area contributed by atoms with E-state index in [0.29, 0.717) is 13.1 Å². The van der Waals surface area contributed by atoms with Crippen LogP contribution in [0.3, 0.4) is 0 Å². The summed E-state index contributed by atoms with van der Waals surface area (Å²) < 4.78 is 18.2. The van der Waals surface area contributed by atoms with Crippen LogP contribution in [0.15, 0.2) is 118 Å². The van der Waals surface area contributed by atoms with Gasteiger partial charge in [-0.05, 0) is 69.9 Å². The largest absolute Gasteiger partial charge is 0.383 e. The molecule has 0 aromatic heterocycles. The minimum absolute atomic E-state index is 0.0149. The van der Waals surface area contributed by atoms with Crippen LogP contribution in [-0.2, 0) is 14.3 Å². The van der Waals surface area contributed by atoms with E-state index in [0.717, 1.165) is 79.7 Å². The van der Waals surface area contributed by atoms with Crippen molar-refractivity contribution < 1.29 is 18.7 Å². The van der Waals surface area contributed by atoms with E-state index in [-0.39, 0.29) is 24.0 Å². The first-order valence-corrected chi connectivity index (χ1v) is 18.6. The van der Waals surface area contributed by atoms with E-state index in [1.54, 1.807) is 25.3 Å². The van der Waals surface area contributed by atoms with E-state index >= 15 is 0 Å². The number of hydrazone groups is 1. The molecule has 4 rings (SSSR count). The number of nitrogens with zero attached hydrogens (tertiary/aromatic N) is 6. The molecule has 0 spiro atoms. The molecule has 0 radical (unpaired) electrons. The zero-order chi connectivity index (χ0) is 39.9. The van der Waals surface area contributed by atoms with Gasteiger partial charge in [-0.1, -0.05) is 67.2 Å². The normalized spacial score (nSPS) is 19.5. The maximum absolute atomic E-state index is 12.9. The summed E-state index contributed by atoms with van der Waals surface area (Å²) in [6.45, 7) is 15.1. The van der Waals surface area contributed by atoms with E-state index in [1.165, 1.54) is 24.6 Å². The van der Waals surface area contributed by atoms with Gasteiger partial charge in [0.2, 0.25) is 5.91 Å². The molecule has 294 valence electrons. The predicted octanol–water partition coefficient (Wildman–Crippen LogP) is 6.88. The van der Waals surface area contributed by atoms with Gasteiger partial charge in [-0.25, -0.2) is 4.39 Å². The maximum atomic E-state index is 12.9. The van der Waals surface area contributed by atoms with Crippen LogP contribution in [0.25, 0.3) is 0 Å². The molecule has 1 saturated heterocycles. The van der Waals surface area contributed by atoms with Crippen molar-refractivity contribution in [1.82, 2.24) is 25.0 Å². The van der Waals surface area contributed by atoms with Crippen molar-refractivity contribution in [2.24, 2.45) is 10.1 Å². The third-order valence-corrected chi connectivity index (χ3v) is 8.64. The average molecular weight is 744 g/mol. The number of hydrogen-bond acceptors (Lipinski definition) is 9. The molecule has 3 aliphatic rings. The average Bonchev–Trinajstić information content (AvgIpc) is 3.82. The van der Waals surface area contributed by atoms with E-state index in [2.05, 4.69) is 70.2 Å². The number of hydrogen-bond donors (Lipinski definition) is 1. The van der Waals surface area contributed by atoms with Gasteiger partial charge >= 0.3 is 0 Å². The Kier molecular flexibility index (Phi) is 21.1. The van der Waals surface area contributed by atoms with Gasteiger partial charge in [-0.15, -0.1) is 0 Å². The Bertz CT molecular complexity index is 1590. The van der Waals surface area contributed by atoms with Crippen molar-refractivity contribution in [2.45, 2.75) is 65.6 Å². The monoisotopic (exact) mass is 743 g/mol. The number of likely N-dealkylation sites (N-methyl/N-ethyl adjacent to an activating group) is 1. The van der Waals surface area contributed by atoms with Crippen molar-refractivity contribution in [3.05, 3.63) is 120 Å². The van der Waals surface area contributed by atoms with Gasteiger partial charge in [-0.2, -0.15) is 5.10 Å². The Morgan fingerprint density at radius 2 is 1.93 bits per heavy atom. The number of aldehydes is 1. The minimum Gasteiger partial charge on any atom is -0.383 e. The summed E-state index contributed by atoms with van der Waals surface area (Å²) in [5.74, 6) is -0.0266. The molecule has 0 aliphatic carbocycles. The number of allylic oxidation sites excluding steroid dienone is 8. The van der Waals surface area contributed by atoms with Crippen molar-refractivity contribution in [1.29, 1.82) is 0 Å². The summed E-state index contributed by atoms with van der Waals surface area (Å²) in [7, 11) is 7.84. The number of aliphatic imine (C=N–C) groups is 1. The molecule has 1 aromatic carbocycles. The van der Waals surface area contributed by atoms with Gasteiger partial charge in [-0.3, -0.25) is 20.1 Å². The second kappa shape index (κ2) is 25.2. The van der Waals surface area contributed by atoms with E-state index < -0.39 is 0 Å². The first-order chi connectivity index (χ1) is 25.9. The van der Waals surface area contributed by atoms with Crippen LogP contribution in [0.1, 0.15) is 58.9 Å². The van der Waals surface area contributed by atoms with E-state index in [9.17, 15) is 9.18 Å². The summed E-state index contributed by atoms with van der Waals surface area (Å²) >= 11 is 0. The molecule has 0 bridgehead atoms. The first kappa shape index (κ1) is 45.3. The smallest absolute Gasteiger partial charge is 0.237 e. The van der Waals surface area contributed by atoms with Gasteiger partial charge in [0.15, 0.2) is 0 Å². The lowest BCUT2D eigenvalue weighted by Crippen LogP contribution is -2.40. The maximum Gasteiger partial charge on any atom is 0.237 e. The van der Waals surface area contributed by atoms with E-state index in [1.807, 2.05) is 68.5 Å². The molecule has 1 amide bonds. The van der Waals surface area contributed by atoms with Gasteiger partial charge < -0.3 is 24.2 Å². The minimum atomic E-state index is -0.231. The molecule has 3 heterocycles. The molecular weight excluding hydrogens is 682 g/mol. The molecule has 2 atom stereocenters. The third kappa shape index (κ3) is 16.9. The second-order valence-corrected chi connectivity index (χ2v) is 13.5. The standard InChI is InChI=1S/C26H43N5O2.C15H15FN2.C2H4O/c1-7-15-31(25(32)21-30-17-13-24(20-30)33-6)18-12-22(2)10-8-11-23(19-28(3)4)26-27-14-9-16-29(26)5;1-3-11(2)4-9-14-10-15(18-17-14)12-5-7-13(16)8-6-12;1-2-3/h8-9,11-12,14,16,19,24,26H,7,10,13,15,17-18,20-21H2,1-6H3;3-9,17H,1,10H2,2H3;2H,1H3/b11-8-,22-12+,23-19+;11-4-,14-9+;. The molecular formula is C43H62FN7O3. The van der Waals surface area contributed by atoms with Crippen molar-refractivity contribution in [2.75, 3.05) is 61.0 Å². The highest BCUT2D eigenvalue weighted by Gasteiger charge is 2.25. The number of carbonyl (C=O) groups is 2. The molecule has 1 fully saturated rings. The lowest BCUT2D eigenvalue weighted by Gasteiger charge is -2.27. The molecule has 10 nitrogen and oxygen atoms in total. The molecule has 1 N–H and O–H groups in total.